The molecule has 1 aromatic carbocycles. The molecule has 1 aromatic heterocycles. The van der Waals surface area contributed by atoms with Crippen molar-refractivity contribution in [2.24, 2.45) is 5.10 Å². The number of anilines is 1. The van der Waals surface area contributed by atoms with Crippen LogP contribution in [0.3, 0.4) is 0 Å². The van der Waals surface area contributed by atoms with Gasteiger partial charge < -0.3 is 15.9 Å². The highest BCUT2D eigenvalue weighted by molar-refractivity contribution is 5.92. The Balaban J connectivity index is 2.27. The van der Waals surface area contributed by atoms with Gasteiger partial charge in [0, 0.05) is 0 Å². The second kappa shape index (κ2) is 4.81. The van der Waals surface area contributed by atoms with Gasteiger partial charge in [0.2, 0.25) is 5.95 Å². The van der Waals surface area contributed by atoms with Crippen LogP contribution in [0.25, 0.3) is 0 Å². The van der Waals surface area contributed by atoms with E-state index in [0.29, 0.717) is 5.56 Å². The number of hydrogen-bond donors (Lipinski definition) is 3. The monoisotopic (exact) mass is 260 g/mol. The van der Waals surface area contributed by atoms with E-state index in [9.17, 15) is 9.90 Å². The lowest BCUT2D eigenvalue weighted by atomic mass is 10.1. The van der Waals surface area contributed by atoms with Crippen LogP contribution in [-0.4, -0.2) is 32.1 Å². The van der Waals surface area contributed by atoms with E-state index in [1.165, 1.54) is 29.1 Å². The Morgan fingerprint density at radius 2 is 2.26 bits per heavy atom. The fourth-order valence-corrected chi connectivity index (χ4v) is 1.54. The number of nitrogens with zero attached hydrogens (tertiary/aromatic N) is 3. The van der Waals surface area contributed by atoms with Gasteiger partial charge in [-0.15, -0.1) is 0 Å². The summed E-state index contributed by atoms with van der Waals surface area (Å²) in [6.45, 7) is 1.79. The normalized spacial score (nSPS) is 11.0. The second-order valence-corrected chi connectivity index (χ2v) is 3.91. The van der Waals surface area contributed by atoms with Crippen molar-refractivity contribution in [1.82, 2.24) is 9.66 Å². The van der Waals surface area contributed by atoms with Crippen molar-refractivity contribution in [1.29, 1.82) is 0 Å². The van der Waals surface area contributed by atoms with E-state index in [0.717, 1.165) is 5.69 Å². The summed E-state index contributed by atoms with van der Waals surface area (Å²) in [5.41, 5.74) is 6.74. The maximum Gasteiger partial charge on any atom is 0.339 e. The average molecular weight is 260 g/mol. The molecule has 1 heterocycles. The van der Waals surface area contributed by atoms with Gasteiger partial charge in [-0.25, -0.2) is 14.5 Å². The first-order valence-corrected chi connectivity index (χ1v) is 5.39. The molecule has 19 heavy (non-hydrogen) atoms. The number of aromatic hydroxyl groups is 1. The Hall–Kier alpha value is -2.83. The number of imidazole rings is 1. The lowest BCUT2D eigenvalue weighted by Crippen LogP contribution is -1.99. The zero-order valence-electron chi connectivity index (χ0n) is 10.1. The van der Waals surface area contributed by atoms with E-state index in [1.54, 1.807) is 13.1 Å². The Morgan fingerprint density at radius 1 is 1.53 bits per heavy atom. The summed E-state index contributed by atoms with van der Waals surface area (Å²) < 4.78 is 1.39. The number of rotatable bonds is 3. The SMILES string of the molecule is Cc1cn(N=Cc2ccc(C(=O)O)c(O)c2)c(N)n1. The molecule has 0 atom stereocenters. The van der Waals surface area contributed by atoms with Crippen molar-refractivity contribution in [3.8, 4) is 5.75 Å². The van der Waals surface area contributed by atoms with Crippen molar-refractivity contribution in [3.05, 3.63) is 41.2 Å². The highest BCUT2D eigenvalue weighted by Gasteiger charge is 2.08. The van der Waals surface area contributed by atoms with E-state index < -0.39 is 5.97 Å². The molecular weight excluding hydrogens is 248 g/mol. The number of aryl methyl sites for hydroxylation is 1. The largest absolute Gasteiger partial charge is 0.507 e. The zero-order valence-corrected chi connectivity index (χ0v) is 10.1. The van der Waals surface area contributed by atoms with Gasteiger partial charge in [-0.2, -0.15) is 5.10 Å². The Kier molecular flexibility index (Phi) is 3.19. The molecule has 7 nitrogen and oxygen atoms in total. The summed E-state index contributed by atoms with van der Waals surface area (Å²) in [6, 6.07) is 4.15. The molecule has 2 rings (SSSR count). The summed E-state index contributed by atoms with van der Waals surface area (Å²) in [7, 11) is 0. The van der Waals surface area contributed by atoms with Gasteiger partial charge in [-0.05, 0) is 24.6 Å². The lowest BCUT2D eigenvalue weighted by Gasteiger charge is -2.00. The minimum Gasteiger partial charge on any atom is -0.507 e. The van der Waals surface area contributed by atoms with Gasteiger partial charge in [0.05, 0.1) is 18.1 Å². The third-order valence-electron chi connectivity index (χ3n) is 2.42. The molecule has 0 radical (unpaired) electrons. The molecule has 0 aliphatic heterocycles. The third-order valence-corrected chi connectivity index (χ3v) is 2.42. The third kappa shape index (κ3) is 2.71. The Bertz CT molecular complexity index is 661. The fourth-order valence-electron chi connectivity index (χ4n) is 1.54. The minimum atomic E-state index is -1.18. The number of nitrogens with two attached hydrogens (primary N) is 1. The number of benzene rings is 1. The van der Waals surface area contributed by atoms with Crippen molar-refractivity contribution < 1.29 is 15.0 Å². The molecule has 0 aliphatic rings. The van der Waals surface area contributed by atoms with Crippen LogP contribution >= 0.6 is 0 Å². The molecule has 0 fully saturated rings. The fraction of sp³-hybridized carbons (Fsp3) is 0.0833. The molecule has 0 aliphatic carbocycles. The predicted molar refractivity (Wildman–Crippen MR) is 69.4 cm³/mol. The molecule has 0 saturated carbocycles. The number of carboxylic acids is 1. The van der Waals surface area contributed by atoms with Crippen LogP contribution in [0.5, 0.6) is 5.75 Å². The van der Waals surface area contributed by atoms with Crippen LogP contribution in [0.2, 0.25) is 0 Å². The summed E-state index contributed by atoms with van der Waals surface area (Å²) in [5.74, 6) is -1.25. The first kappa shape index (κ1) is 12.6. The molecule has 0 unspecified atom stereocenters. The van der Waals surface area contributed by atoms with Crippen LogP contribution in [-0.2, 0) is 0 Å². The van der Waals surface area contributed by atoms with Crippen LogP contribution in [0.1, 0.15) is 21.6 Å². The van der Waals surface area contributed by atoms with Crippen molar-refractivity contribution in [3.63, 3.8) is 0 Å². The molecule has 2 aromatic rings. The van der Waals surface area contributed by atoms with Gasteiger partial charge in [0.25, 0.3) is 0 Å². The van der Waals surface area contributed by atoms with E-state index in [-0.39, 0.29) is 17.3 Å². The van der Waals surface area contributed by atoms with Crippen LogP contribution in [0.4, 0.5) is 5.95 Å². The molecule has 0 spiro atoms. The number of hydrogen-bond acceptors (Lipinski definition) is 5. The second-order valence-electron chi connectivity index (χ2n) is 3.91. The maximum absolute atomic E-state index is 10.7. The van der Waals surface area contributed by atoms with E-state index in [1.807, 2.05) is 0 Å². The summed E-state index contributed by atoms with van der Waals surface area (Å²) in [5, 5.41) is 22.4. The first-order chi connectivity index (χ1) is 8.97. The van der Waals surface area contributed by atoms with Crippen molar-refractivity contribution in [2.75, 3.05) is 5.73 Å². The topological polar surface area (TPSA) is 114 Å². The van der Waals surface area contributed by atoms with Gasteiger partial charge in [-0.3, -0.25) is 0 Å². The summed E-state index contributed by atoms with van der Waals surface area (Å²) >= 11 is 0. The van der Waals surface area contributed by atoms with Gasteiger partial charge >= 0.3 is 5.97 Å². The average Bonchev–Trinajstić information content (AvgIpc) is 2.65. The van der Waals surface area contributed by atoms with Crippen LogP contribution < -0.4 is 5.73 Å². The highest BCUT2D eigenvalue weighted by Crippen LogP contribution is 2.17. The van der Waals surface area contributed by atoms with Gasteiger partial charge in [0.15, 0.2) is 0 Å². The molecule has 0 amide bonds. The molecule has 0 saturated heterocycles. The Morgan fingerprint density at radius 3 is 2.79 bits per heavy atom. The number of carboxylic acid groups (broad SMARTS) is 1. The highest BCUT2D eigenvalue weighted by atomic mass is 16.4. The molecule has 98 valence electrons. The van der Waals surface area contributed by atoms with Crippen molar-refractivity contribution >= 4 is 18.1 Å². The minimum absolute atomic E-state index is 0.157. The maximum atomic E-state index is 10.7. The van der Waals surface area contributed by atoms with E-state index >= 15 is 0 Å². The number of aromatic nitrogens is 2. The molecule has 7 heteroatoms. The zero-order chi connectivity index (χ0) is 14.0. The van der Waals surface area contributed by atoms with Gasteiger partial charge in [-0.1, -0.05) is 6.07 Å². The number of phenols is 1. The standard InChI is InChI=1S/C12H12N4O3/c1-7-6-16(12(13)15-7)14-5-8-2-3-9(11(18)19)10(17)4-8/h2-6,17H,1H3,(H2,13,15)(H,18,19). The number of nitrogen functional groups attached to an aromatic ring is 1. The van der Waals surface area contributed by atoms with Gasteiger partial charge in [0.1, 0.15) is 11.3 Å². The van der Waals surface area contributed by atoms with E-state index in [2.05, 4.69) is 10.1 Å². The van der Waals surface area contributed by atoms with Crippen LogP contribution in [0, 0.1) is 6.92 Å². The lowest BCUT2D eigenvalue weighted by molar-refractivity contribution is 0.0694. The summed E-state index contributed by atoms with van der Waals surface area (Å²) in [6.07, 6.45) is 3.10. The molecular formula is C12H12N4O3. The van der Waals surface area contributed by atoms with E-state index in [4.69, 9.17) is 10.8 Å². The predicted octanol–water partition coefficient (Wildman–Crippen LogP) is 1.06. The Labute approximate surface area is 108 Å². The summed E-state index contributed by atoms with van der Waals surface area (Å²) in [4.78, 5) is 14.7. The molecule has 0 bridgehead atoms. The molecule has 4 N–H and O–H groups in total. The van der Waals surface area contributed by atoms with Crippen LogP contribution in [0.15, 0.2) is 29.5 Å². The van der Waals surface area contributed by atoms with Crippen molar-refractivity contribution in [2.45, 2.75) is 6.92 Å². The smallest absolute Gasteiger partial charge is 0.339 e. The quantitative estimate of drug-likeness (QED) is 0.714. The first-order valence-electron chi connectivity index (χ1n) is 5.39. The number of aromatic carboxylic acids is 1. The number of carbonyl (C=O) groups is 1.